The molecule has 0 aliphatic rings. The summed E-state index contributed by atoms with van der Waals surface area (Å²) in [5.74, 6) is 0.680. The molecule has 1 heterocycles. The Labute approximate surface area is 182 Å². The van der Waals surface area contributed by atoms with Crippen LogP contribution >= 0.6 is 0 Å². The second kappa shape index (κ2) is 10.6. The largest absolute Gasteiger partial charge is 0.497 e. The van der Waals surface area contributed by atoms with Crippen molar-refractivity contribution >= 4 is 22.6 Å². The van der Waals surface area contributed by atoms with Crippen LogP contribution < -0.4 is 15.6 Å². The lowest BCUT2D eigenvalue weighted by molar-refractivity contribution is 0.194. The normalized spacial score (nSPS) is 11.0. The highest BCUT2D eigenvalue weighted by atomic mass is 16.5. The Bertz CT molecular complexity index is 1060. The molecule has 3 aromatic rings. The van der Waals surface area contributed by atoms with Crippen molar-refractivity contribution in [2.75, 3.05) is 38.6 Å². The SMILES string of the molecule is CCN(CC)CCN(Cc1cc2ccc(OC)cc2[nH]c1=O)C(=O)Nc1ccccc1. The second-order valence-electron chi connectivity index (χ2n) is 7.32. The average Bonchev–Trinajstić information content (AvgIpc) is 2.79. The van der Waals surface area contributed by atoms with E-state index >= 15 is 0 Å². The highest BCUT2D eigenvalue weighted by molar-refractivity contribution is 5.89. The summed E-state index contributed by atoms with van der Waals surface area (Å²) in [5.41, 5.74) is 1.76. The molecule has 0 aliphatic heterocycles. The van der Waals surface area contributed by atoms with Gasteiger partial charge in [-0.3, -0.25) is 4.79 Å². The first-order valence-corrected chi connectivity index (χ1v) is 10.6. The number of H-pyrrole nitrogens is 1. The molecule has 164 valence electrons. The Morgan fingerprint density at radius 3 is 2.45 bits per heavy atom. The molecule has 7 heteroatoms. The number of rotatable bonds is 9. The Kier molecular flexibility index (Phi) is 7.67. The van der Waals surface area contributed by atoms with Gasteiger partial charge in [0, 0.05) is 30.4 Å². The number of amides is 2. The fourth-order valence-corrected chi connectivity index (χ4v) is 3.45. The maximum atomic E-state index is 13.0. The smallest absolute Gasteiger partial charge is 0.322 e. The van der Waals surface area contributed by atoms with E-state index in [1.807, 2.05) is 48.5 Å². The Morgan fingerprint density at radius 1 is 1.03 bits per heavy atom. The molecule has 2 amide bonds. The Balaban J connectivity index is 1.85. The fourth-order valence-electron chi connectivity index (χ4n) is 3.45. The number of pyridine rings is 1. The van der Waals surface area contributed by atoms with E-state index in [2.05, 4.69) is 29.0 Å². The van der Waals surface area contributed by atoms with E-state index in [1.54, 1.807) is 18.1 Å². The zero-order chi connectivity index (χ0) is 22.2. The van der Waals surface area contributed by atoms with Gasteiger partial charge in [-0.2, -0.15) is 0 Å². The molecule has 0 saturated carbocycles. The molecule has 2 aromatic carbocycles. The van der Waals surface area contributed by atoms with Gasteiger partial charge in [0.2, 0.25) is 0 Å². The molecule has 0 spiro atoms. The molecular weight excluding hydrogens is 392 g/mol. The summed E-state index contributed by atoms with van der Waals surface area (Å²) in [6.45, 7) is 7.47. The summed E-state index contributed by atoms with van der Waals surface area (Å²) in [7, 11) is 1.59. The first kappa shape index (κ1) is 22.4. The third-order valence-electron chi connectivity index (χ3n) is 5.38. The van der Waals surface area contributed by atoms with Crippen molar-refractivity contribution in [3.63, 3.8) is 0 Å². The van der Waals surface area contributed by atoms with E-state index in [-0.39, 0.29) is 18.1 Å². The molecule has 0 radical (unpaired) electrons. The standard InChI is InChI=1S/C24H30N4O3/c1-4-27(5-2)13-14-28(24(30)25-20-9-7-6-8-10-20)17-19-15-18-11-12-21(31-3)16-22(18)26-23(19)29/h6-12,15-16H,4-5,13-14,17H2,1-3H3,(H,25,30)(H,26,29). The summed E-state index contributed by atoms with van der Waals surface area (Å²) in [5, 5.41) is 3.82. The lowest BCUT2D eigenvalue weighted by Crippen LogP contribution is -2.41. The molecule has 0 fully saturated rings. The molecule has 7 nitrogen and oxygen atoms in total. The fraction of sp³-hybridized carbons (Fsp3) is 0.333. The zero-order valence-electron chi connectivity index (χ0n) is 18.4. The first-order valence-electron chi connectivity index (χ1n) is 10.6. The lowest BCUT2D eigenvalue weighted by atomic mass is 10.1. The molecule has 0 bridgehead atoms. The highest BCUT2D eigenvalue weighted by Gasteiger charge is 2.17. The number of aromatic nitrogens is 1. The van der Waals surface area contributed by atoms with Crippen LogP contribution in [0, 0.1) is 0 Å². The van der Waals surface area contributed by atoms with Gasteiger partial charge in [-0.05, 0) is 48.8 Å². The predicted molar refractivity (Wildman–Crippen MR) is 125 cm³/mol. The van der Waals surface area contributed by atoms with Crippen molar-refractivity contribution in [2.45, 2.75) is 20.4 Å². The van der Waals surface area contributed by atoms with E-state index in [0.29, 0.717) is 23.4 Å². The van der Waals surface area contributed by atoms with Crippen LogP contribution in [0.2, 0.25) is 0 Å². The van der Waals surface area contributed by atoms with Crippen molar-refractivity contribution in [3.05, 3.63) is 70.5 Å². The molecular formula is C24H30N4O3. The number of hydrogen-bond donors (Lipinski definition) is 2. The number of methoxy groups -OCH3 is 1. The molecule has 2 N–H and O–H groups in total. The minimum Gasteiger partial charge on any atom is -0.497 e. The van der Waals surface area contributed by atoms with Crippen LogP contribution in [-0.2, 0) is 6.54 Å². The summed E-state index contributed by atoms with van der Waals surface area (Å²) in [6, 6.07) is 16.5. The zero-order valence-corrected chi connectivity index (χ0v) is 18.4. The second-order valence-corrected chi connectivity index (χ2v) is 7.32. The van der Waals surface area contributed by atoms with Crippen LogP contribution in [0.5, 0.6) is 5.75 Å². The average molecular weight is 423 g/mol. The maximum Gasteiger partial charge on any atom is 0.322 e. The van der Waals surface area contributed by atoms with E-state index < -0.39 is 0 Å². The van der Waals surface area contributed by atoms with Crippen LogP contribution in [0.1, 0.15) is 19.4 Å². The molecule has 0 aliphatic carbocycles. The third-order valence-corrected chi connectivity index (χ3v) is 5.38. The molecule has 0 saturated heterocycles. The van der Waals surface area contributed by atoms with Gasteiger partial charge in [0.05, 0.1) is 19.2 Å². The van der Waals surface area contributed by atoms with Gasteiger partial charge in [-0.15, -0.1) is 0 Å². The minimum atomic E-state index is -0.229. The molecule has 0 unspecified atom stereocenters. The number of nitrogens with zero attached hydrogens (tertiary/aromatic N) is 2. The number of carbonyl (C=O) groups excluding carboxylic acids is 1. The van der Waals surface area contributed by atoms with E-state index in [1.165, 1.54) is 0 Å². The third kappa shape index (κ3) is 5.86. The number of urea groups is 1. The summed E-state index contributed by atoms with van der Waals surface area (Å²) in [6.07, 6.45) is 0. The topological polar surface area (TPSA) is 77.7 Å². The number of aromatic amines is 1. The lowest BCUT2D eigenvalue weighted by Gasteiger charge is -2.26. The number of ether oxygens (including phenoxy) is 1. The van der Waals surface area contributed by atoms with Gasteiger partial charge in [-0.1, -0.05) is 32.0 Å². The van der Waals surface area contributed by atoms with Crippen molar-refractivity contribution < 1.29 is 9.53 Å². The van der Waals surface area contributed by atoms with Crippen molar-refractivity contribution in [2.24, 2.45) is 0 Å². The van der Waals surface area contributed by atoms with Crippen LogP contribution in [0.4, 0.5) is 10.5 Å². The van der Waals surface area contributed by atoms with Crippen molar-refractivity contribution in [3.8, 4) is 5.75 Å². The Hall–Kier alpha value is -3.32. The molecule has 3 rings (SSSR count). The van der Waals surface area contributed by atoms with Gasteiger partial charge in [0.1, 0.15) is 5.75 Å². The number of hydrogen-bond acceptors (Lipinski definition) is 4. The summed E-state index contributed by atoms with van der Waals surface area (Å²) < 4.78 is 5.23. The number of likely N-dealkylation sites (N-methyl/N-ethyl adjacent to an activating group) is 1. The van der Waals surface area contributed by atoms with E-state index in [0.717, 1.165) is 30.7 Å². The van der Waals surface area contributed by atoms with E-state index in [4.69, 9.17) is 4.74 Å². The van der Waals surface area contributed by atoms with Crippen molar-refractivity contribution in [1.29, 1.82) is 0 Å². The van der Waals surface area contributed by atoms with Crippen LogP contribution in [-0.4, -0.2) is 54.1 Å². The van der Waals surface area contributed by atoms with Crippen LogP contribution in [0.25, 0.3) is 10.9 Å². The number of anilines is 1. The van der Waals surface area contributed by atoms with Crippen LogP contribution in [0.15, 0.2) is 59.4 Å². The monoisotopic (exact) mass is 422 g/mol. The van der Waals surface area contributed by atoms with Crippen molar-refractivity contribution in [1.82, 2.24) is 14.8 Å². The molecule has 1 aromatic heterocycles. The Morgan fingerprint density at radius 2 is 1.77 bits per heavy atom. The molecule has 0 atom stereocenters. The number of fused-ring (bicyclic) bond motifs is 1. The molecule has 31 heavy (non-hydrogen) atoms. The van der Waals surface area contributed by atoms with Gasteiger partial charge in [0.15, 0.2) is 0 Å². The quantitative estimate of drug-likeness (QED) is 0.548. The van der Waals surface area contributed by atoms with Gasteiger partial charge in [0.25, 0.3) is 5.56 Å². The predicted octanol–water partition coefficient (Wildman–Crippen LogP) is 3.91. The first-order chi connectivity index (χ1) is 15.0. The number of nitrogens with one attached hydrogen (secondary N) is 2. The highest BCUT2D eigenvalue weighted by Crippen LogP contribution is 2.19. The number of benzene rings is 2. The maximum absolute atomic E-state index is 13.0. The van der Waals surface area contributed by atoms with Gasteiger partial charge >= 0.3 is 6.03 Å². The number of para-hydroxylation sites is 1. The number of carbonyl (C=O) groups is 1. The minimum absolute atomic E-state index is 0.207. The van der Waals surface area contributed by atoms with Crippen LogP contribution in [0.3, 0.4) is 0 Å². The summed E-state index contributed by atoms with van der Waals surface area (Å²) >= 11 is 0. The van der Waals surface area contributed by atoms with Gasteiger partial charge < -0.3 is 24.8 Å². The summed E-state index contributed by atoms with van der Waals surface area (Å²) in [4.78, 5) is 32.6. The van der Waals surface area contributed by atoms with E-state index in [9.17, 15) is 9.59 Å². The van der Waals surface area contributed by atoms with Gasteiger partial charge in [-0.25, -0.2) is 4.79 Å².